The number of hydrogen-bond donors (Lipinski definition) is 0. The van der Waals surface area contributed by atoms with E-state index in [9.17, 15) is 0 Å². The summed E-state index contributed by atoms with van der Waals surface area (Å²) in [6, 6.07) is 61.6. The molecule has 9 aromatic rings. The molecule has 0 saturated carbocycles. The second kappa shape index (κ2) is 11.7. The fourth-order valence-corrected chi connectivity index (χ4v) is 6.88. The summed E-state index contributed by atoms with van der Waals surface area (Å²) in [6.07, 6.45) is 0. The van der Waals surface area contributed by atoms with Gasteiger partial charge < -0.3 is 0 Å². The Labute approximate surface area is 278 Å². The summed E-state index contributed by atoms with van der Waals surface area (Å²) in [7, 11) is 0. The molecule has 0 spiro atoms. The van der Waals surface area contributed by atoms with E-state index in [1.807, 2.05) is 24.3 Å². The second-order valence-corrected chi connectivity index (χ2v) is 12.0. The van der Waals surface area contributed by atoms with Gasteiger partial charge in [0.2, 0.25) is 0 Å². The molecule has 48 heavy (non-hydrogen) atoms. The zero-order valence-electron chi connectivity index (χ0n) is 26.1. The average Bonchev–Trinajstić information content (AvgIpc) is 3.17. The molecule has 0 radical (unpaired) electrons. The van der Waals surface area contributed by atoms with Crippen molar-refractivity contribution in [3.63, 3.8) is 0 Å². The average molecular weight is 612 g/mol. The number of nitrogens with zero attached hydrogens (tertiary/aromatic N) is 3. The van der Waals surface area contributed by atoms with Crippen molar-refractivity contribution in [3.8, 4) is 56.4 Å². The molecule has 0 atom stereocenters. The summed E-state index contributed by atoms with van der Waals surface area (Å²) in [6.45, 7) is 0. The van der Waals surface area contributed by atoms with Crippen LogP contribution < -0.4 is 0 Å². The molecule has 8 aromatic carbocycles. The highest BCUT2D eigenvalue weighted by atomic mass is 15.0. The fraction of sp³-hybridized carbons (Fsp3) is 0. The zero-order valence-corrected chi connectivity index (χ0v) is 26.1. The van der Waals surface area contributed by atoms with Gasteiger partial charge in [-0.1, -0.05) is 176 Å². The topological polar surface area (TPSA) is 38.7 Å². The predicted molar refractivity (Wildman–Crippen MR) is 200 cm³/mol. The minimum atomic E-state index is 0.643. The van der Waals surface area contributed by atoms with Crippen molar-refractivity contribution in [2.24, 2.45) is 0 Å². The summed E-state index contributed by atoms with van der Waals surface area (Å²) in [5, 5.41) is 7.00. The van der Waals surface area contributed by atoms with Crippen LogP contribution in [0.1, 0.15) is 0 Å². The third-order valence-corrected chi connectivity index (χ3v) is 9.13. The first-order valence-corrected chi connectivity index (χ1v) is 16.2. The number of rotatable bonds is 5. The van der Waals surface area contributed by atoms with Crippen LogP contribution in [0.3, 0.4) is 0 Å². The summed E-state index contributed by atoms with van der Waals surface area (Å²) < 4.78 is 0. The highest BCUT2D eigenvalue weighted by Crippen LogP contribution is 2.45. The van der Waals surface area contributed by atoms with Crippen LogP contribution in [0.5, 0.6) is 0 Å². The van der Waals surface area contributed by atoms with Crippen molar-refractivity contribution >= 4 is 32.3 Å². The molecule has 0 fully saturated rings. The maximum atomic E-state index is 5.23. The van der Waals surface area contributed by atoms with E-state index in [0.29, 0.717) is 17.5 Å². The summed E-state index contributed by atoms with van der Waals surface area (Å²) in [5.41, 5.74) is 7.66. The fourth-order valence-electron chi connectivity index (χ4n) is 6.88. The Bertz CT molecular complexity index is 2530. The van der Waals surface area contributed by atoms with E-state index in [0.717, 1.165) is 43.8 Å². The lowest BCUT2D eigenvalue weighted by Gasteiger charge is -2.18. The van der Waals surface area contributed by atoms with E-state index in [4.69, 9.17) is 15.0 Å². The van der Waals surface area contributed by atoms with Crippen LogP contribution in [0.4, 0.5) is 0 Å². The molecule has 9 rings (SSSR count). The summed E-state index contributed by atoms with van der Waals surface area (Å²) in [5.74, 6) is 1.95. The zero-order chi connectivity index (χ0) is 31.9. The number of hydrogen-bond acceptors (Lipinski definition) is 3. The van der Waals surface area contributed by atoms with Crippen LogP contribution in [0, 0.1) is 0 Å². The molecule has 224 valence electrons. The normalized spacial score (nSPS) is 11.3. The highest BCUT2D eigenvalue weighted by molar-refractivity contribution is 6.23. The molecule has 0 amide bonds. The van der Waals surface area contributed by atoms with Crippen LogP contribution in [-0.2, 0) is 0 Å². The molecule has 0 bridgehead atoms. The smallest absolute Gasteiger partial charge is 0.165 e. The van der Waals surface area contributed by atoms with Gasteiger partial charge in [0.25, 0.3) is 0 Å². The molecule has 0 unspecified atom stereocenters. The van der Waals surface area contributed by atoms with Crippen LogP contribution in [0.25, 0.3) is 88.7 Å². The standard InChI is InChI=1S/C45H29N3/c1-3-14-30(15-4-1)31-26-28-34(29-27-31)44-46-43(33-17-5-2-6-18-33)47-45(48-44)42-39-23-11-9-21-37(39)41(38-22-10-12-24-40(38)42)36-25-13-19-32-16-7-8-20-35(32)36/h1-29H. The lowest BCUT2D eigenvalue weighted by atomic mass is 9.86. The minimum absolute atomic E-state index is 0.643. The van der Waals surface area contributed by atoms with Gasteiger partial charge in [0.05, 0.1) is 0 Å². The Morgan fingerprint density at radius 3 is 1.25 bits per heavy atom. The van der Waals surface area contributed by atoms with Gasteiger partial charge >= 0.3 is 0 Å². The lowest BCUT2D eigenvalue weighted by Crippen LogP contribution is -2.01. The van der Waals surface area contributed by atoms with Crippen molar-refractivity contribution in [2.45, 2.75) is 0 Å². The molecule has 3 nitrogen and oxygen atoms in total. The Kier molecular flexibility index (Phi) is 6.80. The largest absolute Gasteiger partial charge is 0.208 e. The maximum absolute atomic E-state index is 5.23. The Morgan fingerprint density at radius 2 is 0.646 bits per heavy atom. The number of benzene rings is 8. The van der Waals surface area contributed by atoms with Crippen molar-refractivity contribution in [2.75, 3.05) is 0 Å². The van der Waals surface area contributed by atoms with E-state index in [-0.39, 0.29) is 0 Å². The highest BCUT2D eigenvalue weighted by Gasteiger charge is 2.21. The van der Waals surface area contributed by atoms with Crippen LogP contribution in [0.2, 0.25) is 0 Å². The monoisotopic (exact) mass is 611 g/mol. The molecule has 0 aliphatic heterocycles. The van der Waals surface area contributed by atoms with Crippen molar-refractivity contribution in [1.82, 2.24) is 15.0 Å². The molecular weight excluding hydrogens is 583 g/mol. The van der Waals surface area contributed by atoms with Crippen LogP contribution >= 0.6 is 0 Å². The van der Waals surface area contributed by atoms with Gasteiger partial charge in [0.15, 0.2) is 17.5 Å². The molecule has 1 aromatic heterocycles. The quantitative estimate of drug-likeness (QED) is 0.182. The molecule has 3 heteroatoms. The maximum Gasteiger partial charge on any atom is 0.165 e. The van der Waals surface area contributed by atoms with Gasteiger partial charge in [-0.2, -0.15) is 0 Å². The van der Waals surface area contributed by atoms with Crippen molar-refractivity contribution in [1.29, 1.82) is 0 Å². The Balaban J connectivity index is 1.32. The van der Waals surface area contributed by atoms with Crippen LogP contribution in [0.15, 0.2) is 176 Å². The van der Waals surface area contributed by atoms with Gasteiger partial charge in [-0.05, 0) is 54.6 Å². The lowest BCUT2D eigenvalue weighted by molar-refractivity contribution is 1.08. The van der Waals surface area contributed by atoms with Crippen molar-refractivity contribution < 1.29 is 0 Å². The Hall–Kier alpha value is -6.45. The molecule has 1 heterocycles. The second-order valence-electron chi connectivity index (χ2n) is 12.0. The predicted octanol–water partition coefficient (Wildman–Crippen LogP) is 11.7. The molecule has 0 N–H and O–H groups in total. The molecular formula is C45H29N3. The van der Waals surface area contributed by atoms with Crippen LogP contribution in [-0.4, -0.2) is 15.0 Å². The van der Waals surface area contributed by atoms with E-state index in [1.54, 1.807) is 0 Å². The number of fused-ring (bicyclic) bond motifs is 3. The van der Waals surface area contributed by atoms with Gasteiger partial charge in [0, 0.05) is 16.7 Å². The number of aromatic nitrogens is 3. The van der Waals surface area contributed by atoms with Gasteiger partial charge in [-0.3, -0.25) is 0 Å². The van der Waals surface area contributed by atoms with E-state index >= 15 is 0 Å². The third-order valence-electron chi connectivity index (χ3n) is 9.13. The first kappa shape index (κ1) is 27.8. The first-order valence-electron chi connectivity index (χ1n) is 16.2. The summed E-state index contributed by atoms with van der Waals surface area (Å²) in [4.78, 5) is 15.5. The van der Waals surface area contributed by atoms with E-state index < -0.39 is 0 Å². The third kappa shape index (κ3) is 4.81. The first-order chi connectivity index (χ1) is 23.8. The molecule has 0 saturated heterocycles. The van der Waals surface area contributed by atoms with Crippen molar-refractivity contribution in [3.05, 3.63) is 176 Å². The minimum Gasteiger partial charge on any atom is -0.208 e. The molecule has 0 aliphatic carbocycles. The summed E-state index contributed by atoms with van der Waals surface area (Å²) >= 11 is 0. The van der Waals surface area contributed by atoms with E-state index in [1.165, 1.54) is 27.5 Å². The Morgan fingerprint density at radius 1 is 0.250 bits per heavy atom. The van der Waals surface area contributed by atoms with E-state index in [2.05, 4.69) is 152 Å². The van der Waals surface area contributed by atoms with Gasteiger partial charge in [-0.15, -0.1) is 0 Å². The van der Waals surface area contributed by atoms with Gasteiger partial charge in [-0.25, -0.2) is 15.0 Å². The SMILES string of the molecule is c1ccc(-c2ccc(-c3nc(-c4ccccc4)nc(-c4c5ccccc5c(-c5cccc6ccccc56)c5ccccc45)n3)cc2)cc1. The molecule has 0 aliphatic rings. The van der Waals surface area contributed by atoms with Gasteiger partial charge in [0.1, 0.15) is 0 Å².